The van der Waals surface area contributed by atoms with Crippen molar-refractivity contribution in [2.75, 3.05) is 26.7 Å². The number of nitrogens with one attached hydrogen (secondary N) is 1. The lowest BCUT2D eigenvalue weighted by Crippen LogP contribution is -2.45. The van der Waals surface area contributed by atoms with Crippen LogP contribution in [-0.2, 0) is 0 Å². The van der Waals surface area contributed by atoms with Gasteiger partial charge in [0.25, 0.3) is 0 Å². The molecule has 3 aliphatic rings. The van der Waals surface area contributed by atoms with Gasteiger partial charge in [-0.15, -0.1) is 0 Å². The van der Waals surface area contributed by atoms with Gasteiger partial charge in [0, 0.05) is 25.7 Å². The molecule has 3 saturated carbocycles. The molecule has 3 aliphatic carbocycles. The molecule has 20 heavy (non-hydrogen) atoms. The molecule has 0 spiro atoms. The highest BCUT2D eigenvalue weighted by Gasteiger charge is 2.34. The summed E-state index contributed by atoms with van der Waals surface area (Å²) in [4.78, 5) is 2.67. The fourth-order valence-electron chi connectivity index (χ4n) is 4.27. The Bertz CT molecular complexity index is 286. The topological polar surface area (TPSA) is 15.3 Å². The van der Waals surface area contributed by atoms with E-state index in [-0.39, 0.29) is 0 Å². The summed E-state index contributed by atoms with van der Waals surface area (Å²) in [7, 11) is 2.38. The Hall–Kier alpha value is -0.0800. The fourth-order valence-corrected chi connectivity index (χ4v) is 4.27. The van der Waals surface area contributed by atoms with E-state index in [1.807, 2.05) is 0 Å². The summed E-state index contributed by atoms with van der Waals surface area (Å²) in [5, 5.41) is 3.85. The lowest BCUT2D eigenvalue weighted by molar-refractivity contribution is 0.116. The molecule has 3 rings (SSSR count). The smallest absolute Gasteiger partial charge is 0.00684 e. The third-order valence-corrected chi connectivity index (χ3v) is 5.91. The van der Waals surface area contributed by atoms with Crippen LogP contribution in [-0.4, -0.2) is 37.6 Å². The Morgan fingerprint density at radius 1 is 0.950 bits per heavy atom. The summed E-state index contributed by atoms with van der Waals surface area (Å²) in [6, 6.07) is 0.868. The quantitative estimate of drug-likeness (QED) is 0.712. The number of rotatable bonds is 7. The minimum atomic E-state index is 0.581. The van der Waals surface area contributed by atoms with Gasteiger partial charge in [-0.2, -0.15) is 0 Å². The molecule has 0 heterocycles. The minimum Gasteiger partial charge on any atom is -0.313 e. The zero-order valence-electron chi connectivity index (χ0n) is 13.5. The normalized spacial score (nSPS) is 27.3. The highest BCUT2D eigenvalue weighted by atomic mass is 15.1. The van der Waals surface area contributed by atoms with E-state index in [2.05, 4.69) is 17.3 Å². The standard InChI is InChI=1S/C18H34N2/c1-20(13-16-7-6-8-16)15-18(14-19-17-9-10-17)11-4-2-3-5-12-18/h16-17,19H,2-15H2,1H3. The maximum Gasteiger partial charge on any atom is 0.00684 e. The van der Waals surface area contributed by atoms with E-state index in [0.29, 0.717) is 5.41 Å². The van der Waals surface area contributed by atoms with Crippen molar-refractivity contribution < 1.29 is 0 Å². The van der Waals surface area contributed by atoms with E-state index < -0.39 is 0 Å². The Morgan fingerprint density at radius 3 is 2.20 bits per heavy atom. The molecule has 0 unspecified atom stereocenters. The molecule has 116 valence electrons. The Labute approximate surface area is 125 Å². The number of hydrogen-bond acceptors (Lipinski definition) is 2. The molecule has 2 nitrogen and oxygen atoms in total. The maximum absolute atomic E-state index is 3.85. The van der Waals surface area contributed by atoms with Crippen molar-refractivity contribution in [1.82, 2.24) is 10.2 Å². The van der Waals surface area contributed by atoms with Gasteiger partial charge in [-0.3, -0.25) is 0 Å². The maximum atomic E-state index is 3.85. The van der Waals surface area contributed by atoms with E-state index in [4.69, 9.17) is 0 Å². The zero-order valence-corrected chi connectivity index (χ0v) is 13.5. The number of hydrogen-bond donors (Lipinski definition) is 1. The van der Waals surface area contributed by atoms with Gasteiger partial charge in [-0.05, 0) is 56.9 Å². The van der Waals surface area contributed by atoms with Crippen LogP contribution in [0.4, 0.5) is 0 Å². The molecule has 0 aliphatic heterocycles. The molecule has 0 aromatic carbocycles. The van der Waals surface area contributed by atoms with Gasteiger partial charge in [-0.25, -0.2) is 0 Å². The van der Waals surface area contributed by atoms with E-state index in [1.54, 1.807) is 0 Å². The van der Waals surface area contributed by atoms with Crippen molar-refractivity contribution >= 4 is 0 Å². The SMILES string of the molecule is CN(CC1CCC1)CC1(CNC2CC2)CCCCCC1. The van der Waals surface area contributed by atoms with Gasteiger partial charge in [0.2, 0.25) is 0 Å². The molecule has 0 atom stereocenters. The van der Waals surface area contributed by atoms with Crippen LogP contribution in [0.25, 0.3) is 0 Å². The predicted molar refractivity (Wildman–Crippen MR) is 86.0 cm³/mol. The van der Waals surface area contributed by atoms with Crippen LogP contribution in [0, 0.1) is 11.3 Å². The van der Waals surface area contributed by atoms with E-state index in [0.717, 1.165) is 12.0 Å². The summed E-state index contributed by atoms with van der Waals surface area (Å²) in [5.41, 5.74) is 0.581. The van der Waals surface area contributed by atoms with Gasteiger partial charge in [0.05, 0.1) is 0 Å². The third kappa shape index (κ3) is 4.21. The predicted octanol–water partition coefficient (Wildman–Crippen LogP) is 3.81. The fraction of sp³-hybridized carbons (Fsp3) is 1.00. The molecular weight excluding hydrogens is 244 g/mol. The Morgan fingerprint density at radius 2 is 1.65 bits per heavy atom. The molecule has 2 heteroatoms. The largest absolute Gasteiger partial charge is 0.313 e. The van der Waals surface area contributed by atoms with Crippen LogP contribution >= 0.6 is 0 Å². The molecule has 3 fully saturated rings. The van der Waals surface area contributed by atoms with Gasteiger partial charge in [0.1, 0.15) is 0 Å². The average molecular weight is 278 g/mol. The molecule has 0 aromatic heterocycles. The van der Waals surface area contributed by atoms with Gasteiger partial charge >= 0.3 is 0 Å². The third-order valence-electron chi connectivity index (χ3n) is 5.91. The molecule has 0 amide bonds. The molecule has 0 bridgehead atoms. The zero-order chi connectivity index (χ0) is 13.8. The van der Waals surface area contributed by atoms with Crippen LogP contribution in [0.2, 0.25) is 0 Å². The molecule has 0 radical (unpaired) electrons. The summed E-state index contributed by atoms with van der Waals surface area (Å²) in [5.74, 6) is 1.01. The molecule has 0 aromatic rings. The van der Waals surface area contributed by atoms with Gasteiger partial charge in [0.15, 0.2) is 0 Å². The van der Waals surface area contributed by atoms with Crippen molar-refractivity contribution in [3.8, 4) is 0 Å². The van der Waals surface area contributed by atoms with Crippen molar-refractivity contribution in [2.24, 2.45) is 11.3 Å². The monoisotopic (exact) mass is 278 g/mol. The van der Waals surface area contributed by atoms with Crippen molar-refractivity contribution in [1.29, 1.82) is 0 Å². The molecule has 0 saturated heterocycles. The van der Waals surface area contributed by atoms with Crippen molar-refractivity contribution in [2.45, 2.75) is 76.7 Å². The minimum absolute atomic E-state index is 0.581. The highest BCUT2D eigenvalue weighted by Crippen LogP contribution is 2.37. The molecular formula is C18H34N2. The summed E-state index contributed by atoms with van der Waals surface area (Å²) < 4.78 is 0. The summed E-state index contributed by atoms with van der Waals surface area (Å²) in [6.45, 7) is 3.97. The lowest BCUT2D eigenvalue weighted by Gasteiger charge is -2.39. The van der Waals surface area contributed by atoms with Crippen LogP contribution in [0.1, 0.15) is 70.6 Å². The van der Waals surface area contributed by atoms with Crippen LogP contribution < -0.4 is 5.32 Å². The molecule has 1 N–H and O–H groups in total. The summed E-state index contributed by atoms with van der Waals surface area (Å²) in [6.07, 6.45) is 16.1. The van der Waals surface area contributed by atoms with Crippen molar-refractivity contribution in [3.05, 3.63) is 0 Å². The highest BCUT2D eigenvalue weighted by molar-refractivity contribution is 4.91. The van der Waals surface area contributed by atoms with E-state index in [1.165, 1.54) is 90.3 Å². The Balaban J connectivity index is 1.53. The summed E-state index contributed by atoms with van der Waals surface area (Å²) >= 11 is 0. The second kappa shape index (κ2) is 6.79. The first-order chi connectivity index (χ1) is 9.76. The first kappa shape index (κ1) is 14.8. The average Bonchev–Trinajstić information content (AvgIpc) is 3.19. The van der Waals surface area contributed by atoms with Crippen LogP contribution in [0.3, 0.4) is 0 Å². The number of nitrogens with zero attached hydrogens (tertiary/aromatic N) is 1. The van der Waals surface area contributed by atoms with Crippen molar-refractivity contribution in [3.63, 3.8) is 0 Å². The first-order valence-electron chi connectivity index (χ1n) is 9.18. The second-order valence-electron chi connectivity index (χ2n) is 8.06. The Kier molecular flexibility index (Phi) is 5.04. The van der Waals surface area contributed by atoms with Crippen LogP contribution in [0.5, 0.6) is 0 Å². The van der Waals surface area contributed by atoms with Gasteiger partial charge < -0.3 is 10.2 Å². The van der Waals surface area contributed by atoms with Crippen LogP contribution in [0.15, 0.2) is 0 Å². The second-order valence-corrected chi connectivity index (χ2v) is 8.06. The van der Waals surface area contributed by atoms with E-state index in [9.17, 15) is 0 Å². The van der Waals surface area contributed by atoms with Gasteiger partial charge in [-0.1, -0.05) is 32.1 Å². The lowest BCUT2D eigenvalue weighted by atomic mass is 9.78. The van der Waals surface area contributed by atoms with E-state index >= 15 is 0 Å². The first-order valence-corrected chi connectivity index (χ1v) is 9.18.